The van der Waals surface area contributed by atoms with Gasteiger partial charge in [0.1, 0.15) is 12.2 Å². The Morgan fingerprint density at radius 2 is 2.19 bits per heavy atom. The first-order chi connectivity index (χ1) is 7.66. The van der Waals surface area contributed by atoms with Crippen LogP contribution >= 0.6 is 0 Å². The standard InChI is InChI=1S/C11H14N4O/c1-8-3-4-9(6-12-8)10(16)5-11-13-7-14-15(11)2/h3-4,6-7,10,16H,5H2,1-2H3. The molecular formula is C11H14N4O. The first-order valence-corrected chi connectivity index (χ1v) is 5.10. The largest absolute Gasteiger partial charge is 0.388 e. The van der Waals surface area contributed by atoms with Crippen LogP contribution in [-0.2, 0) is 13.5 Å². The van der Waals surface area contributed by atoms with E-state index < -0.39 is 6.10 Å². The summed E-state index contributed by atoms with van der Waals surface area (Å²) in [4.78, 5) is 8.22. The molecule has 0 fully saturated rings. The molecule has 2 aromatic rings. The minimum absolute atomic E-state index is 0.446. The molecule has 2 heterocycles. The number of pyridine rings is 1. The summed E-state index contributed by atoms with van der Waals surface area (Å²) in [5.41, 5.74) is 1.74. The first-order valence-electron chi connectivity index (χ1n) is 5.10. The number of aryl methyl sites for hydroxylation is 2. The molecule has 0 aliphatic rings. The molecule has 0 aliphatic carbocycles. The van der Waals surface area contributed by atoms with Crippen molar-refractivity contribution in [3.8, 4) is 0 Å². The molecule has 0 amide bonds. The smallest absolute Gasteiger partial charge is 0.138 e. The van der Waals surface area contributed by atoms with Gasteiger partial charge < -0.3 is 5.11 Å². The van der Waals surface area contributed by atoms with Crippen molar-refractivity contribution in [2.45, 2.75) is 19.4 Å². The van der Waals surface area contributed by atoms with Crippen molar-refractivity contribution >= 4 is 0 Å². The highest BCUT2D eigenvalue weighted by atomic mass is 16.3. The van der Waals surface area contributed by atoms with Crippen LogP contribution in [0.4, 0.5) is 0 Å². The summed E-state index contributed by atoms with van der Waals surface area (Å²) in [6.45, 7) is 1.92. The van der Waals surface area contributed by atoms with Crippen molar-refractivity contribution in [3.05, 3.63) is 41.7 Å². The topological polar surface area (TPSA) is 63.8 Å². The average molecular weight is 218 g/mol. The van der Waals surface area contributed by atoms with Crippen LogP contribution in [0.25, 0.3) is 0 Å². The zero-order chi connectivity index (χ0) is 11.5. The van der Waals surface area contributed by atoms with E-state index in [2.05, 4.69) is 15.1 Å². The number of hydrogen-bond acceptors (Lipinski definition) is 4. The van der Waals surface area contributed by atoms with E-state index in [0.717, 1.165) is 17.1 Å². The lowest BCUT2D eigenvalue weighted by molar-refractivity contribution is 0.174. The predicted octanol–water partition coefficient (Wildman–Crippen LogP) is 0.795. The highest BCUT2D eigenvalue weighted by Gasteiger charge is 2.11. The number of aliphatic hydroxyl groups is 1. The molecule has 0 saturated carbocycles. The summed E-state index contributed by atoms with van der Waals surface area (Å²) in [5.74, 6) is 0.757. The van der Waals surface area contributed by atoms with Gasteiger partial charge in [-0.1, -0.05) is 6.07 Å². The van der Waals surface area contributed by atoms with Crippen LogP contribution in [0.5, 0.6) is 0 Å². The third-order valence-electron chi connectivity index (χ3n) is 2.50. The van der Waals surface area contributed by atoms with Crippen LogP contribution in [0, 0.1) is 6.92 Å². The lowest BCUT2D eigenvalue weighted by Crippen LogP contribution is -2.08. The van der Waals surface area contributed by atoms with Gasteiger partial charge in [0.15, 0.2) is 0 Å². The summed E-state index contributed by atoms with van der Waals surface area (Å²) in [6, 6.07) is 3.76. The third-order valence-corrected chi connectivity index (χ3v) is 2.50. The average Bonchev–Trinajstić information content (AvgIpc) is 2.65. The van der Waals surface area contributed by atoms with Gasteiger partial charge in [0.25, 0.3) is 0 Å². The van der Waals surface area contributed by atoms with Crippen LogP contribution < -0.4 is 0 Å². The monoisotopic (exact) mass is 218 g/mol. The molecule has 2 aromatic heterocycles. The summed E-state index contributed by atoms with van der Waals surface area (Å²) in [7, 11) is 1.81. The minimum Gasteiger partial charge on any atom is -0.388 e. The van der Waals surface area contributed by atoms with Crippen molar-refractivity contribution < 1.29 is 5.11 Å². The Morgan fingerprint density at radius 1 is 1.38 bits per heavy atom. The highest BCUT2D eigenvalue weighted by Crippen LogP contribution is 2.15. The Balaban J connectivity index is 2.11. The van der Waals surface area contributed by atoms with Crippen LogP contribution in [0.2, 0.25) is 0 Å². The summed E-state index contributed by atoms with van der Waals surface area (Å²) in [5, 5.41) is 13.9. The van der Waals surface area contributed by atoms with Crippen molar-refractivity contribution in [3.63, 3.8) is 0 Å². The van der Waals surface area contributed by atoms with Crippen LogP contribution in [0.15, 0.2) is 24.7 Å². The van der Waals surface area contributed by atoms with Crippen LogP contribution in [-0.4, -0.2) is 24.9 Å². The van der Waals surface area contributed by atoms with Crippen molar-refractivity contribution in [2.24, 2.45) is 7.05 Å². The zero-order valence-electron chi connectivity index (χ0n) is 9.33. The number of aliphatic hydroxyl groups excluding tert-OH is 1. The van der Waals surface area contributed by atoms with E-state index >= 15 is 0 Å². The predicted molar refractivity (Wildman–Crippen MR) is 58.6 cm³/mol. The molecule has 0 spiro atoms. The normalized spacial score (nSPS) is 12.7. The number of rotatable bonds is 3. The number of hydrogen-bond donors (Lipinski definition) is 1. The molecule has 1 unspecified atom stereocenters. The summed E-state index contributed by atoms with van der Waals surface area (Å²) < 4.78 is 1.66. The Labute approximate surface area is 93.8 Å². The Morgan fingerprint density at radius 3 is 2.75 bits per heavy atom. The molecule has 0 aliphatic heterocycles. The van der Waals surface area contributed by atoms with Gasteiger partial charge >= 0.3 is 0 Å². The van der Waals surface area contributed by atoms with Crippen molar-refractivity contribution in [1.29, 1.82) is 0 Å². The maximum atomic E-state index is 9.99. The van der Waals surface area contributed by atoms with E-state index in [1.54, 1.807) is 10.9 Å². The van der Waals surface area contributed by atoms with Crippen LogP contribution in [0.3, 0.4) is 0 Å². The second-order valence-corrected chi connectivity index (χ2v) is 3.75. The fraction of sp³-hybridized carbons (Fsp3) is 0.364. The Bertz CT molecular complexity index is 463. The third kappa shape index (κ3) is 2.25. The molecule has 5 nitrogen and oxygen atoms in total. The zero-order valence-corrected chi connectivity index (χ0v) is 9.33. The second-order valence-electron chi connectivity index (χ2n) is 3.75. The summed E-state index contributed by atoms with van der Waals surface area (Å²) >= 11 is 0. The van der Waals surface area contributed by atoms with E-state index in [-0.39, 0.29) is 0 Å². The van der Waals surface area contributed by atoms with Gasteiger partial charge in [0, 0.05) is 25.4 Å². The molecule has 0 aromatic carbocycles. The summed E-state index contributed by atoms with van der Waals surface area (Å²) in [6.07, 6.45) is 3.03. The highest BCUT2D eigenvalue weighted by molar-refractivity contribution is 5.16. The molecule has 16 heavy (non-hydrogen) atoms. The minimum atomic E-state index is -0.587. The lowest BCUT2D eigenvalue weighted by atomic mass is 10.1. The number of aromatic nitrogens is 4. The van der Waals surface area contributed by atoms with E-state index in [1.807, 2.05) is 26.1 Å². The molecule has 1 N–H and O–H groups in total. The van der Waals surface area contributed by atoms with Gasteiger partial charge in [-0.05, 0) is 18.6 Å². The molecule has 5 heteroatoms. The molecule has 0 bridgehead atoms. The van der Waals surface area contributed by atoms with Crippen LogP contribution in [0.1, 0.15) is 23.2 Å². The first kappa shape index (κ1) is 10.8. The molecule has 84 valence electrons. The molecule has 0 radical (unpaired) electrons. The lowest BCUT2D eigenvalue weighted by Gasteiger charge is -2.09. The van der Waals surface area contributed by atoms with E-state index in [9.17, 15) is 5.11 Å². The maximum absolute atomic E-state index is 9.99. The molecular weight excluding hydrogens is 204 g/mol. The maximum Gasteiger partial charge on any atom is 0.138 e. The van der Waals surface area contributed by atoms with Gasteiger partial charge in [0.05, 0.1) is 6.10 Å². The molecule has 1 atom stereocenters. The van der Waals surface area contributed by atoms with Gasteiger partial charge in [0.2, 0.25) is 0 Å². The number of nitrogens with zero attached hydrogens (tertiary/aromatic N) is 4. The van der Waals surface area contributed by atoms with E-state index in [0.29, 0.717) is 6.42 Å². The van der Waals surface area contributed by atoms with Gasteiger partial charge in [-0.2, -0.15) is 5.10 Å². The van der Waals surface area contributed by atoms with Gasteiger partial charge in [-0.3, -0.25) is 9.67 Å². The Hall–Kier alpha value is -1.75. The van der Waals surface area contributed by atoms with E-state index in [1.165, 1.54) is 6.33 Å². The van der Waals surface area contributed by atoms with Crippen molar-refractivity contribution in [2.75, 3.05) is 0 Å². The van der Waals surface area contributed by atoms with Crippen molar-refractivity contribution in [1.82, 2.24) is 19.7 Å². The second kappa shape index (κ2) is 4.40. The Kier molecular flexibility index (Phi) is 2.96. The molecule has 2 rings (SSSR count). The fourth-order valence-corrected chi connectivity index (χ4v) is 1.47. The quantitative estimate of drug-likeness (QED) is 0.827. The fourth-order valence-electron chi connectivity index (χ4n) is 1.47. The van der Waals surface area contributed by atoms with Gasteiger partial charge in [-0.25, -0.2) is 4.98 Å². The molecule has 0 saturated heterocycles. The SMILES string of the molecule is Cc1ccc(C(O)Cc2ncnn2C)cn1. The van der Waals surface area contributed by atoms with Gasteiger partial charge in [-0.15, -0.1) is 0 Å². The van der Waals surface area contributed by atoms with E-state index in [4.69, 9.17) is 0 Å².